The molecule has 0 aromatic heterocycles. The summed E-state index contributed by atoms with van der Waals surface area (Å²) in [5, 5.41) is 0. The van der Waals surface area contributed by atoms with E-state index in [9.17, 15) is 0 Å². The maximum atomic E-state index is 6.28. The van der Waals surface area contributed by atoms with Crippen molar-refractivity contribution in [2.45, 2.75) is 64.8 Å². The van der Waals surface area contributed by atoms with E-state index in [4.69, 9.17) is 5.73 Å². The van der Waals surface area contributed by atoms with Crippen LogP contribution in [0, 0.1) is 11.3 Å². The van der Waals surface area contributed by atoms with Gasteiger partial charge in [-0.15, -0.1) is 0 Å². The van der Waals surface area contributed by atoms with Crippen molar-refractivity contribution in [3.8, 4) is 0 Å². The molecular weight excluding hydrogens is 208 g/mol. The molecule has 2 N–H and O–H groups in total. The van der Waals surface area contributed by atoms with E-state index in [0.29, 0.717) is 17.4 Å². The lowest BCUT2D eigenvalue weighted by molar-refractivity contribution is 0.177. The Bertz CT molecular complexity index is 233. The highest BCUT2D eigenvalue weighted by Crippen LogP contribution is 2.43. The molecule has 2 rings (SSSR count). The topological polar surface area (TPSA) is 29.3 Å². The van der Waals surface area contributed by atoms with Crippen LogP contribution in [-0.4, -0.2) is 30.6 Å². The van der Waals surface area contributed by atoms with Gasteiger partial charge in [0.05, 0.1) is 0 Å². The maximum Gasteiger partial charge on any atom is 0.0193 e. The Morgan fingerprint density at radius 3 is 2.53 bits per heavy atom. The molecular formula is C15H30N2. The zero-order chi connectivity index (χ0) is 12.3. The van der Waals surface area contributed by atoms with E-state index in [1.165, 1.54) is 58.0 Å². The second-order valence-corrected chi connectivity index (χ2v) is 6.60. The third-order valence-corrected chi connectivity index (χ3v) is 5.28. The van der Waals surface area contributed by atoms with Gasteiger partial charge in [-0.2, -0.15) is 0 Å². The minimum absolute atomic E-state index is 0.374. The summed E-state index contributed by atoms with van der Waals surface area (Å²) in [6, 6.07) is 0.374. The molecule has 17 heavy (non-hydrogen) atoms. The van der Waals surface area contributed by atoms with E-state index in [2.05, 4.69) is 18.7 Å². The summed E-state index contributed by atoms with van der Waals surface area (Å²) in [6.07, 6.45) is 9.98. The Balaban J connectivity index is 1.81. The first-order valence-electron chi connectivity index (χ1n) is 7.63. The van der Waals surface area contributed by atoms with Crippen LogP contribution in [-0.2, 0) is 0 Å². The summed E-state index contributed by atoms with van der Waals surface area (Å²) in [6.45, 7) is 8.28. The van der Waals surface area contributed by atoms with Crippen molar-refractivity contribution >= 4 is 0 Å². The fourth-order valence-corrected chi connectivity index (χ4v) is 3.67. The SMILES string of the molecule is CC[C@H](C)[C@H](N)CN1CCC2(CCCCC2)C1. The van der Waals surface area contributed by atoms with Gasteiger partial charge in [-0.1, -0.05) is 39.5 Å². The first-order chi connectivity index (χ1) is 8.15. The van der Waals surface area contributed by atoms with Crippen LogP contribution in [0.25, 0.3) is 0 Å². The van der Waals surface area contributed by atoms with E-state index in [1.54, 1.807) is 0 Å². The lowest BCUT2D eigenvalue weighted by Crippen LogP contribution is -2.41. The Hall–Kier alpha value is -0.0800. The van der Waals surface area contributed by atoms with Crippen molar-refractivity contribution in [1.29, 1.82) is 0 Å². The van der Waals surface area contributed by atoms with Crippen molar-refractivity contribution in [2.24, 2.45) is 17.1 Å². The average molecular weight is 238 g/mol. The van der Waals surface area contributed by atoms with E-state index < -0.39 is 0 Å². The van der Waals surface area contributed by atoms with E-state index in [0.717, 1.165) is 6.54 Å². The third-order valence-electron chi connectivity index (χ3n) is 5.28. The van der Waals surface area contributed by atoms with Crippen molar-refractivity contribution in [1.82, 2.24) is 4.90 Å². The van der Waals surface area contributed by atoms with Gasteiger partial charge in [0.1, 0.15) is 0 Å². The fourth-order valence-electron chi connectivity index (χ4n) is 3.67. The largest absolute Gasteiger partial charge is 0.326 e. The van der Waals surface area contributed by atoms with Gasteiger partial charge in [0.25, 0.3) is 0 Å². The van der Waals surface area contributed by atoms with Crippen molar-refractivity contribution < 1.29 is 0 Å². The number of rotatable bonds is 4. The zero-order valence-corrected chi connectivity index (χ0v) is 11.8. The van der Waals surface area contributed by atoms with Gasteiger partial charge in [0, 0.05) is 19.1 Å². The summed E-state index contributed by atoms with van der Waals surface area (Å²) in [7, 11) is 0. The number of hydrogen-bond acceptors (Lipinski definition) is 2. The monoisotopic (exact) mass is 238 g/mol. The second-order valence-electron chi connectivity index (χ2n) is 6.60. The van der Waals surface area contributed by atoms with Gasteiger partial charge in [-0.25, -0.2) is 0 Å². The van der Waals surface area contributed by atoms with Crippen LogP contribution in [0.15, 0.2) is 0 Å². The lowest BCUT2D eigenvalue weighted by atomic mass is 9.73. The molecule has 1 aliphatic carbocycles. The molecule has 100 valence electrons. The first kappa shape index (κ1) is 13.4. The molecule has 1 aliphatic heterocycles. The molecule has 0 bridgehead atoms. The van der Waals surface area contributed by atoms with Crippen LogP contribution in [0.3, 0.4) is 0 Å². The molecule has 1 heterocycles. The molecule has 0 aromatic rings. The van der Waals surface area contributed by atoms with E-state index in [-0.39, 0.29) is 0 Å². The molecule has 1 saturated carbocycles. The Kier molecular flexibility index (Phi) is 4.48. The van der Waals surface area contributed by atoms with Gasteiger partial charge in [-0.05, 0) is 37.1 Å². The minimum Gasteiger partial charge on any atom is -0.326 e. The van der Waals surface area contributed by atoms with E-state index in [1.807, 2.05) is 0 Å². The summed E-state index contributed by atoms with van der Waals surface area (Å²) in [4.78, 5) is 2.64. The molecule has 0 unspecified atom stereocenters. The van der Waals surface area contributed by atoms with Crippen LogP contribution in [0.5, 0.6) is 0 Å². The summed E-state index contributed by atoms with van der Waals surface area (Å²) in [5.74, 6) is 0.665. The number of likely N-dealkylation sites (tertiary alicyclic amines) is 1. The molecule has 2 heteroatoms. The minimum atomic E-state index is 0.374. The Morgan fingerprint density at radius 2 is 1.88 bits per heavy atom. The van der Waals surface area contributed by atoms with Crippen LogP contribution < -0.4 is 5.73 Å². The van der Waals surface area contributed by atoms with Crippen LogP contribution in [0.2, 0.25) is 0 Å². The number of nitrogens with zero attached hydrogens (tertiary/aromatic N) is 1. The zero-order valence-electron chi connectivity index (χ0n) is 11.8. The molecule has 1 saturated heterocycles. The van der Waals surface area contributed by atoms with Gasteiger partial charge in [-0.3, -0.25) is 0 Å². The molecule has 0 amide bonds. The molecule has 2 aliphatic rings. The third kappa shape index (κ3) is 3.23. The van der Waals surface area contributed by atoms with Gasteiger partial charge in [0.2, 0.25) is 0 Å². The lowest BCUT2D eigenvalue weighted by Gasteiger charge is -2.34. The molecule has 2 nitrogen and oxygen atoms in total. The molecule has 2 fully saturated rings. The number of nitrogens with two attached hydrogens (primary N) is 1. The fraction of sp³-hybridized carbons (Fsp3) is 1.00. The van der Waals surface area contributed by atoms with Gasteiger partial charge < -0.3 is 10.6 Å². The average Bonchev–Trinajstić information content (AvgIpc) is 2.72. The smallest absolute Gasteiger partial charge is 0.0193 e. The summed E-state index contributed by atoms with van der Waals surface area (Å²) in [5.41, 5.74) is 6.97. The predicted octanol–water partition coefficient (Wildman–Crippen LogP) is 3.02. The second kappa shape index (κ2) is 5.71. The first-order valence-corrected chi connectivity index (χ1v) is 7.63. The summed E-state index contributed by atoms with van der Waals surface area (Å²) >= 11 is 0. The highest BCUT2D eigenvalue weighted by Gasteiger charge is 2.38. The van der Waals surface area contributed by atoms with Crippen molar-refractivity contribution in [3.63, 3.8) is 0 Å². The molecule has 1 spiro atoms. The quantitative estimate of drug-likeness (QED) is 0.816. The maximum absolute atomic E-state index is 6.28. The number of hydrogen-bond donors (Lipinski definition) is 1. The van der Waals surface area contributed by atoms with Crippen LogP contribution in [0.1, 0.15) is 58.8 Å². The molecule has 0 radical (unpaired) electrons. The van der Waals surface area contributed by atoms with Crippen molar-refractivity contribution in [2.75, 3.05) is 19.6 Å². The standard InChI is InChI=1S/C15H30N2/c1-3-13(2)14(16)11-17-10-9-15(12-17)7-5-4-6-8-15/h13-14H,3-12,16H2,1-2H3/t13-,14+/m0/s1. The molecule has 2 atom stereocenters. The van der Waals surface area contributed by atoms with Crippen molar-refractivity contribution in [3.05, 3.63) is 0 Å². The van der Waals surface area contributed by atoms with E-state index >= 15 is 0 Å². The molecule has 0 aromatic carbocycles. The highest BCUT2D eigenvalue weighted by molar-refractivity contribution is 4.92. The Morgan fingerprint density at radius 1 is 1.18 bits per heavy atom. The van der Waals surface area contributed by atoms with Gasteiger partial charge in [0.15, 0.2) is 0 Å². The Labute approximate surface area is 107 Å². The van der Waals surface area contributed by atoms with Crippen LogP contribution in [0.4, 0.5) is 0 Å². The van der Waals surface area contributed by atoms with Gasteiger partial charge >= 0.3 is 0 Å². The highest BCUT2D eigenvalue weighted by atomic mass is 15.2. The normalized spacial score (nSPS) is 28.4. The van der Waals surface area contributed by atoms with Crippen LogP contribution >= 0.6 is 0 Å². The summed E-state index contributed by atoms with van der Waals surface area (Å²) < 4.78 is 0. The predicted molar refractivity (Wildman–Crippen MR) is 74.0 cm³/mol.